The molecular weight excluding hydrogens is 267 g/mol. The number of amides is 1. The molecule has 3 nitrogen and oxygen atoms in total. The first-order valence-electron chi connectivity index (χ1n) is 3.46. The van der Waals surface area contributed by atoms with Crippen molar-refractivity contribution in [2.24, 2.45) is 0 Å². The number of rotatable bonds is 2. The highest BCUT2D eigenvalue weighted by molar-refractivity contribution is 14.1. The van der Waals surface area contributed by atoms with Gasteiger partial charge < -0.3 is 5.32 Å². The maximum atomic E-state index is 11.1. The predicted molar refractivity (Wildman–Crippen MR) is 57.5 cm³/mol. The molecule has 0 heterocycles. The maximum Gasteiger partial charge on any atom is 0.259 e. The van der Waals surface area contributed by atoms with Crippen LogP contribution in [0.4, 0.5) is 5.69 Å². The molecule has 1 amide bonds. The average molecular weight is 276 g/mol. The van der Waals surface area contributed by atoms with Gasteiger partial charge in [0.05, 0.1) is 22.9 Å². The summed E-state index contributed by atoms with van der Waals surface area (Å²) in [5.41, 5.74) is 1.60. The van der Waals surface area contributed by atoms with Crippen LogP contribution in [-0.4, -0.2) is 13.0 Å². The van der Waals surface area contributed by atoms with Gasteiger partial charge >= 0.3 is 0 Å². The minimum Gasteiger partial charge on any atom is -0.388 e. The monoisotopic (exact) mass is 276 g/mol. The summed E-state index contributed by atoms with van der Waals surface area (Å²) < 4.78 is 2.54. The molecule has 1 aromatic carbocycles. The van der Waals surface area contributed by atoms with Crippen molar-refractivity contribution in [3.63, 3.8) is 0 Å². The minimum atomic E-state index is -0.0762. The lowest BCUT2D eigenvalue weighted by atomic mass is 10.2. The molecule has 4 heteroatoms. The Morgan fingerprint density at radius 1 is 1.50 bits per heavy atom. The maximum absolute atomic E-state index is 11.1. The van der Waals surface area contributed by atoms with E-state index in [0.717, 1.165) is 5.69 Å². The second-order valence-electron chi connectivity index (χ2n) is 2.25. The van der Waals surface area contributed by atoms with Gasteiger partial charge in [-0.1, -0.05) is 6.07 Å². The molecule has 1 aromatic rings. The van der Waals surface area contributed by atoms with Gasteiger partial charge in [0, 0.05) is 18.3 Å². The van der Waals surface area contributed by atoms with Crippen LogP contribution in [0.1, 0.15) is 10.4 Å². The van der Waals surface area contributed by atoms with E-state index in [4.69, 9.17) is 0 Å². The fourth-order valence-corrected chi connectivity index (χ4v) is 1.18. The number of nitrogens with one attached hydrogen (secondary N) is 2. The van der Waals surface area contributed by atoms with E-state index in [1.165, 1.54) is 0 Å². The molecule has 0 saturated carbocycles. The summed E-state index contributed by atoms with van der Waals surface area (Å²) in [5, 5.41) is 2.96. The fraction of sp³-hybridized carbons (Fsp3) is 0.125. The van der Waals surface area contributed by atoms with Crippen LogP contribution in [0, 0.1) is 0 Å². The second kappa shape index (κ2) is 4.30. The van der Waals surface area contributed by atoms with E-state index in [-0.39, 0.29) is 5.91 Å². The molecule has 0 fully saturated rings. The Labute approximate surface area is 85.0 Å². The average Bonchev–Trinajstić information content (AvgIpc) is 2.17. The third-order valence-electron chi connectivity index (χ3n) is 1.50. The van der Waals surface area contributed by atoms with Crippen molar-refractivity contribution in [2.75, 3.05) is 12.4 Å². The first-order chi connectivity index (χ1) is 5.77. The molecule has 0 aliphatic carbocycles. The fourth-order valence-electron chi connectivity index (χ4n) is 0.870. The second-order valence-corrected chi connectivity index (χ2v) is 2.79. The van der Waals surface area contributed by atoms with E-state index in [9.17, 15) is 4.79 Å². The van der Waals surface area contributed by atoms with Crippen LogP contribution in [0.5, 0.6) is 0 Å². The highest BCUT2D eigenvalue weighted by Gasteiger charge is 2.02. The topological polar surface area (TPSA) is 41.1 Å². The minimum absolute atomic E-state index is 0.0762. The zero-order chi connectivity index (χ0) is 8.97. The summed E-state index contributed by atoms with van der Waals surface area (Å²) in [6.07, 6.45) is 0. The van der Waals surface area contributed by atoms with Gasteiger partial charge in [-0.15, -0.1) is 0 Å². The van der Waals surface area contributed by atoms with Crippen molar-refractivity contribution in [3.05, 3.63) is 29.8 Å². The smallest absolute Gasteiger partial charge is 0.259 e. The van der Waals surface area contributed by atoms with Crippen LogP contribution < -0.4 is 8.85 Å². The molecule has 0 radical (unpaired) electrons. The van der Waals surface area contributed by atoms with E-state index >= 15 is 0 Å². The lowest BCUT2D eigenvalue weighted by Gasteiger charge is -2.01. The lowest BCUT2D eigenvalue weighted by Crippen LogP contribution is -2.11. The Morgan fingerprint density at radius 3 is 2.83 bits per heavy atom. The van der Waals surface area contributed by atoms with Gasteiger partial charge in [0.2, 0.25) is 0 Å². The summed E-state index contributed by atoms with van der Waals surface area (Å²) >= 11 is 1.82. The SMILES string of the molecule is CNc1cccc(C(=O)NI)c1. The summed E-state index contributed by atoms with van der Waals surface area (Å²) in [4.78, 5) is 11.1. The van der Waals surface area contributed by atoms with Crippen molar-refractivity contribution in [1.29, 1.82) is 0 Å². The van der Waals surface area contributed by atoms with Gasteiger partial charge in [-0.25, -0.2) is 0 Å². The molecule has 2 N–H and O–H groups in total. The molecule has 0 spiro atoms. The predicted octanol–water partition coefficient (Wildman–Crippen LogP) is 1.81. The quantitative estimate of drug-likeness (QED) is 0.639. The Kier molecular flexibility index (Phi) is 3.33. The Bertz CT molecular complexity index is 288. The van der Waals surface area contributed by atoms with Crippen molar-refractivity contribution < 1.29 is 4.79 Å². The highest BCUT2D eigenvalue weighted by atomic mass is 127. The standard InChI is InChI=1S/C8H9IN2O/c1-10-7-4-2-3-6(5-7)8(12)11-9/h2-5,10H,1H3,(H,11,12). The molecule has 0 aromatic heterocycles. The zero-order valence-corrected chi connectivity index (χ0v) is 8.75. The molecule has 64 valence electrons. The van der Waals surface area contributed by atoms with Crippen molar-refractivity contribution >= 4 is 34.5 Å². The van der Waals surface area contributed by atoms with Crippen LogP contribution in [0.2, 0.25) is 0 Å². The van der Waals surface area contributed by atoms with Gasteiger partial charge in [0.25, 0.3) is 5.91 Å². The van der Waals surface area contributed by atoms with E-state index in [1.807, 2.05) is 42.0 Å². The van der Waals surface area contributed by atoms with Gasteiger partial charge in [-0.2, -0.15) is 0 Å². The number of carbonyl (C=O) groups excluding carboxylic acids is 1. The largest absolute Gasteiger partial charge is 0.388 e. The zero-order valence-electron chi connectivity index (χ0n) is 6.60. The number of carbonyl (C=O) groups is 1. The Hall–Kier alpha value is -0.780. The van der Waals surface area contributed by atoms with E-state index in [1.54, 1.807) is 12.1 Å². The van der Waals surface area contributed by atoms with Crippen LogP contribution >= 0.6 is 22.9 Å². The number of anilines is 1. The van der Waals surface area contributed by atoms with Gasteiger partial charge in [-0.05, 0) is 18.2 Å². The molecule has 0 unspecified atom stereocenters. The van der Waals surface area contributed by atoms with Gasteiger partial charge in [0.15, 0.2) is 0 Å². The third-order valence-corrected chi connectivity index (χ3v) is 1.99. The van der Waals surface area contributed by atoms with E-state index in [0.29, 0.717) is 5.56 Å². The first-order valence-corrected chi connectivity index (χ1v) is 4.54. The molecule has 0 aliphatic rings. The summed E-state index contributed by atoms with van der Waals surface area (Å²) in [6.45, 7) is 0. The number of halogens is 1. The van der Waals surface area contributed by atoms with Crippen molar-refractivity contribution in [1.82, 2.24) is 3.53 Å². The summed E-state index contributed by atoms with van der Waals surface area (Å²) in [6, 6.07) is 7.32. The molecule has 0 aliphatic heterocycles. The van der Waals surface area contributed by atoms with Crippen molar-refractivity contribution in [3.8, 4) is 0 Å². The number of hydrogen-bond donors (Lipinski definition) is 2. The number of benzene rings is 1. The van der Waals surface area contributed by atoms with E-state index < -0.39 is 0 Å². The van der Waals surface area contributed by atoms with Crippen LogP contribution in [0.25, 0.3) is 0 Å². The Balaban J connectivity index is 2.93. The Morgan fingerprint density at radius 2 is 2.25 bits per heavy atom. The molecule has 0 atom stereocenters. The highest BCUT2D eigenvalue weighted by Crippen LogP contribution is 2.09. The molecule has 12 heavy (non-hydrogen) atoms. The van der Waals surface area contributed by atoms with Gasteiger partial charge in [-0.3, -0.25) is 8.32 Å². The molecule has 0 saturated heterocycles. The van der Waals surface area contributed by atoms with Crippen molar-refractivity contribution in [2.45, 2.75) is 0 Å². The van der Waals surface area contributed by atoms with Gasteiger partial charge in [0.1, 0.15) is 0 Å². The molecule has 0 bridgehead atoms. The normalized spacial score (nSPS) is 9.17. The lowest BCUT2D eigenvalue weighted by molar-refractivity contribution is 0.0989. The third kappa shape index (κ3) is 2.10. The van der Waals surface area contributed by atoms with Crippen LogP contribution in [0.3, 0.4) is 0 Å². The summed E-state index contributed by atoms with van der Waals surface area (Å²) in [5.74, 6) is -0.0762. The summed E-state index contributed by atoms with van der Waals surface area (Å²) in [7, 11) is 1.82. The van der Waals surface area contributed by atoms with E-state index in [2.05, 4.69) is 8.85 Å². The molecule has 1 rings (SSSR count). The molecular formula is C8H9IN2O. The van der Waals surface area contributed by atoms with Crippen LogP contribution in [0.15, 0.2) is 24.3 Å². The number of hydrogen-bond acceptors (Lipinski definition) is 2. The van der Waals surface area contributed by atoms with Crippen LogP contribution in [-0.2, 0) is 0 Å². The first kappa shape index (κ1) is 9.31.